The highest BCUT2D eigenvalue weighted by Crippen LogP contribution is 2.38. The zero-order chi connectivity index (χ0) is 18.0. The molecule has 2 heterocycles. The van der Waals surface area contributed by atoms with Crippen LogP contribution in [0.3, 0.4) is 0 Å². The van der Waals surface area contributed by atoms with Crippen molar-refractivity contribution in [2.45, 2.75) is 52.2 Å². The zero-order valence-corrected chi connectivity index (χ0v) is 16.6. The van der Waals surface area contributed by atoms with Crippen LogP contribution in [0.1, 0.15) is 47.5 Å². The molecule has 1 aliphatic rings. The van der Waals surface area contributed by atoms with E-state index in [1.54, 1.807) is 17.1 Å². The zero-order valence-electron chi connectivity index (χ0n) is 14.2. The summed E-state index contributed by atoms with van der Waals surface area (Å²) in [6.07, 6.45) is 7.13. The van der Waals surface area contributed by atoms with E-state index in [2.05, 4.69) is 26.3 Å². The number of carbonyl (C=O) groups excluding carboxylic acids is 2. The van der Waals surface area contributed by atoms with Gasteiger partial charge in [-0.2, -0.15) is 5.10 Å². The summed E-state index contributed by atoms with van der Waals surface area (Å²) in [6.45, 7) is 3.74. The van der Waals surface area contributed by atoms with E-state index in [9.17, 15) is 9.59 Å². The lowest BCUT2D eigenvalue weighted by molar-refractivity contribution is -0.116. The third kappa shape index (κ3) is 4.30. The van der Waals surface area contributed by atoms with E-state index in [0.717, 1.165) is 35.7 Å². The van der Waals surface area contributed by atoms with E-state index >= 15 is 0 Å². The summed E-state index contributed by atoms with van der Waals surface area (Å²) in [5.41, 5.74) is 1.57. The Kier molecular flexibility index (Phi) is 5.58. The van der Waals surface area contributed by atoms with E-state index in [-0.39, 0.29) is 24.5 Å². The molecule has 2 aromatic heterocycles. The van der Waals surface area contributed by atoms with Crippen molar-refractivity contribution < 1.29 is 14.3 Å². The Labute approximate surface area is 158 Å². The minimum absolute atomic E-state index is 0.0901. The van der Waals surface area contributed by atoms with Crippen molar-refractivity contribution in [3.63, 3.8) is 0 Å². The first-order valence-corrected chi connectivity index (χ1v) is 9.88. The molecule has 0 aliphatic heterocycles. The highest BCUT2D eigenvalue weighted by atomic mass is 79.9. The van der Waals surface area contributed by atoms with E-state index < -0.39 is 0 Å². The Morgan fingerprint density at radius 1 is 1.40 bits per heavy atom. The number of nitrogens with zero attached hydrogens (tertiary/aromatic N) is 2. The maximum absolute atomic E-state index is 12.6. The summed E-state index contributed by atoms with van der Waals surface area (Å²) < 4.78 is 7.75. The first-order chi connectivity index (χ1) is 11.9. The van der Waals surface area contributed by atoms with Crippen LogP contribution >= 0.6 is 27.3 Å². The highest BCUT2D eigenvalue weighted by molar-refractivity contribution is 9.10. The molecular weight excluding hydrogens is 406 g/mol. The number of esters is 1. The number of hydrogen-bond donors (Lipinski definition) is 1. The fourth-order valence-electron chi connectivity index (χ4n) is 2.88. The van der Waals surface area contributed by atoms with Gasteiger partial charge in [-0.1, -0.05) is 0 Å². The van der Waals surface area contributed by atoms with Crippen LogP contribution in [0.4, 0.5) is 5.00 Å². The smallest absolute Gasteiger partial charge is 0.341 e. The summed E-state index contributed by atoms with van der Waals surface area (Å²) in [4.78, 5) is 26.1. The maximum Gasteiger partial charge on any atom is 0.341 e. The lowest BCUT2D eigenvalue weighted by atomic mass is 9.95. The maximum atomic E-state index is 12.6. The number of anilines is 1. The number of fused-ring (bicyclic) bond motifs is 1. The number of hydrogen-bond acceptors (Lipinski definition) is 5. The molecule has 6 nitrogen and oxygen atoms in total. The standard InChI is InChI=1S/C17H20BrN3O3S/c1-10(2)24-17(23)15-12-5-3-4-6-13(12)25-16(15)20-14(22)9-21-8-11(18)7-19-21/h7-8,10H,3-6,9H2,1-2H3,(H,20,22). The fraction of sp³-hybridized carbons (Fsp3) is 0.471. The summed E-state index contributed by atoms with van der Waals surface area (Å²) in [5, 5.41) is 7.55. The fourth-order valence-corrected chi connectivity index (χ4v) is 4.50. The van der Waals surface area contributed by atoms with E-state index in [0.29, 0.717) is 10.6 Å². The average molecular weight is 426 g/mol. The molecule has 1 aliphatic carbocycles. The quantitative estimate of drug-likeness (QED) is 0.739. The summed E-state index contributed by atoms with van der Waals surface area (Å²) >= 11 is 4.80. The van der Waals surface area contributed by atoms with Gasteiger partial charge in [-0.15, -0.1) is 11.3 Å². The van der Waals surface area contributed by atoms with Crippen molar-refractivity contribution in [3.8, 4) is 0 Å². The monoisotopic (exact) mass is 425 g/mol. The minimum atomic E-state index is -0.355. The minimum Gasteiger partial charge on any atom is -0.459 e. The largest absolute Gasteiger partial charge is 0.459 e. The van der Waals surface area contributed by atoms with Crippen molar-refractivity contribution >= 4 is 44.1 Å². The SMILES string of the molecule is CC(C)OC(=O)c1c(NC(=O)Cn2cc(Br)cn2)sc2c1CCCC2. The molecule has 0 atom stereocenters. The molecule has 2 aromatic rings. The molecular formula is C17H20BrN3O3S. The third-order valence-electron chi connectivity index (χ3n) is 3.88. The Morgan fingerprint density at radius 2 is 2.16 bits per heavy atom. The first-order valence-electron chi connectivity index (χ1n) is 8.27. The first kappa shape index (κ1) is 18.1. The number of rotatable bonds is 5. The van der Waals surface area contributed by atoms with Crippen LogP contribution in [0.15, 0.2) is 16.9 Å². The Bertz CT molecular complexity index is 797. The molecule has 3 rings (SSSR count). The summed E-state index contributed by atoms with van der Waals surface area (Å²) in [6, 6.07) is 0. The van der Waals surface area contributed by atoms with Gasteiger partial charge in [0.1, 0.15) is 11.5 Å². The number of aryl methyl sites for hydroxylation is 1. The molecule has 0 fully saturated rings. The van der Waals surface area contributed by atoms with Crippen LogP contribution in [-0.2, 0) is 28.9 Å². The average Bonchev–Trinajstić information content (AvgIpc) is 3.09. The molecule has 1 amide bonds. The molecule has 0 bridgehead atoms. The van der Waals surface area contributed by atoms with Crippen LogP contribution in [0.5, 0.6) is 0 Å². The molecule has 1 N–H and O–H groups in total. The molecule has 134 valence electrons. The van der Waals surface area contributed by atoms with Crippen LogP contribution in [-0.4, -0.2) is 27.8 Å². The number of amides is 1. The molecule has 25 heavy (non-hydrogen) atoms. The number of nitrogens with one attached hydrogen (secondary N) is 1. The Hall–Kier alpha value is -1.67. The lowest BCUT2D eigenvalue weighted by Crippen LogP contribution is -2.21. The van der Waals surface area contributed by atoms with Gasteiger partial charge in [-0.05, 0) is 61.0 Å². The number of ether oxygens (including phenoxy) is 1. The lowest BCUT2D eigenvalue weighted by Gasteiger charge is -2.14. The van der Waals surface area contributed by atoms with Gasteiger partial charge in [0.25, 0.3) is 0 Å². The van der Waals surface area contributed by atoms with Gasteiger partial charge in [0, 0.05) is 11.1 Å². The van der Waals surface area contributed by atoms with E-state index in [4.69, 9.17) is 4.74 Å². The van der Waals surface area contributed by atoms with Gasteiger partial charge in [-0.3, -0.25) is 9.48 Å². The highest BCUT2D eigenvalue weighted by Gasteiger charge is 2.27. The number of carbonyl (C=O) groups is 2. The predicted octanol–water partition coefficient (Wildman–Crippen LogP) is 3.79. The number of halogens is 1. The van der Waals surface area contributed by atoms with Crippen LogP contribution < -0.4 is 5.32 Å². The Morgan fingerprint density at radius 3 is 2.84 bits per heavy atom. The van der Waals surface area contributed by atoms with Crippen molar-refractivity contribution in [2.24, 2.45) is 0 Å². The van der Waals surface area contributed by atoms with Crippen molar-refractivity contribution in [2.75, 3.05) is 5.32 Å². The van der Waals surface area contributed by atoms with Crippen molar-refractivity contribution in [1.82, 2.24) is 9.78 Å². The van der Waals surface area contributed by atoms with Crippen molar-refractivity contribution in [3.05, 3.63) is 32.9 Å². The Balaban J connectivity index is 1.83. The van der Waals surface area contributed by atoms with Gasteiger partial charge in [0.2, 0.25) is 5.91 Å². The number of aromatic nitrogens is 2. The van der Waals surface area contributed by atoms with Gasteiger partial charge >= 0.3 is 5.97 Å². The normalized spacial score (nSPS) is 13.6. The van der Waals surface area contributed by atoms with Gasteiger partial charge in [0.05, 0.1) is 22.3 Å². The summed E-state index contributed by atoms with van der Waals surface area (Å²) in [7, 11) is 0. The molecule has 0 saturated carbocycles. The molecule has 0 aromatic carbocycles. The topological polar surface area (TPSA) is 73.2 Å². The van der Waals surface area contributed by atoms with Crippen molar-refractivity contribution in [1.29, 1.82) is 0 Å². The van der Waals surface area contributed by atoms with Gasteiger partial charge < -0.3 is 10.1 Å². The molecule has 0 radical (unpaired) electrons. The molecule has 0 unspecified atom stereocenters. The molecule has 8 heteroatoms. The third-order valence-corrected chi connectivity index (χ3v) is 5.50. The van der Waals surface area contributed by atoms with Gasteiger partial charge in [-0.25, -0.2) is 4.79 Å². The second kappa shape index (κ2) is 7.70. The molecule has 0 spiro atoms. The van der Waals surface area contributed by atoms with Crippen LogP contribution in [0, 0.1) is 0 Å². The van der Waals surface area contributed by atoms with E-state index in [1.807, 2.05) is 13.8 Å². The molecule has 0 saturated heterocycles. The second-order valence-electron chi connectivity index (χ2n) is 6.27. The van der Waals surface area contributed by atoms with Gasteiger partial charge in [0.15, 0.2) is 0 Å². The van der Waals surface area contributed by atoms with E-state index in [1.165, 1.54) is 16.2 Å². The number of thiophene rings is 1. The van der Waals surface area contributed by atoms with Crippen LogP contribution in [0.25, 0.3) is 0 Å². The summed E-state index contributed by atoms with van der Waals surface area (Å²) in [5.74, 6) is -0.570. The second-order valence-corrected chi connectivity index (χ2v) is 8.29. The predicted molar refractivity (Wildman–Crippen MR) is 100 cm³/mol. The van der Waals surface area contributed by atoms with Crippen LogP contribution in [0.2, 0.25) is 0 Å².